The SMILES string of the molecule is COC/C(OC)=C(/C(=O)OC)C(=O)C1CC1. The molecular weight excluding hydrogens is 212 g/mol. The summed E-state index contributed by atoms with van der Waals surface area (Å²) in [6, 6.07) is 0. The van der Waals surface area contributed by atoms with E-state index in [4.69, 9.17) is 9.47 Å². The fraction of sp³-hybridized carbons (Fsp3) is 0.636. The van der Waals surface area contributed by atoms with E-state index in [-0.39, 0.29) is 29.6 Å². The Bertz CT molecular complexity index is 314. The van der Waals surface area contributed by atoms with Crippen molar-refractivity contribution in [1.29, 1.82) is 0 Å². The third-order valence-electron chi connectivity index (χ3n) is 2.38. The fourth-order valence-electron chi connectivity index (χ4n) is 1.37. The summed E-state index contributed by atoms with van der Waals surface area (Å²) in [5, 5.41) is 0. The van der Waals surface area contributed by atoms with Gasteiger partial charge in [-0.1, -0.05) is 0 Å². The van der Waals surface area contributed by atoms with Crippen LogP contribution in [0.2, 0.25) is 0 Å². The van der Waals surface area contributed by atoms with E-state index in [1.54, 1.807) is 0 Å². The van der Waals surface area contributed by atoms with Gasteiger partial charge in [0.15, 0.2) is 5.78 Å². The van der Waals surface area contributed by atoms with Gasteiger partial charge in [0, 0.05) is 13.0 Å². The van der Waals surface area contributed by atoms with Crippen LogP contribution in [0.25, 0.3) is 0 Å². The number of hydrogen-bond donors (Lipinski definition) is 0. The number of carbonyl (C=O) groups is 2. The van der Waals surface area contributed by atoms with Crippen LogP contribution in [0.1, 0.15) is 12.8 Å². The standard InChI is InChI=1S/C11H16O5/c1-14-6-8(15-2)9(11(13)16-3)10(12)7-4-5-7/h7H,4-6H2,1-3H3/b9-8-. The highest BCUT2D eigenvalue weighted by Gasteiger charge is 2.37. The molecule has 0 aromatic heterocycles. The van der Waals surface area contributed by atoms with Crippen LogP contribution in [-0.2, 0) is 23.8 Å². The van der Waals surface area contributed by atoms with Crippen LogP contribution >= 0.6 is 0 Å². The maximum Gasteiger partial charge on any atom is 0.345 e. The number of esters is 1. The van der Waals surface area contributed by atoms with Gasteiger partial charge in [0.25, 0.3) is 0 Å². The van der Waals surface area contributed by atoms with E-state index in [9.17, 15) is 9.59 Å². The van der Waals surface area contributed by atoms with E-state index in [0.29, 0.717) is 0 Å². The third-order valence-corrected chi connectivity index (χ3v) is 2.38. The molecule has 0 saturated heterocycles. The summed E-state index contributed by atoms with van der Waals surface area (Å²) in [6.07, 6.45) is 1.65. The second-order valence-electron chi connectivity index (χ2n) is 3.57. The van der Waals surface area contributed by atoms with E-state index in [1.807, 2.05) is 0 Å². The Hall–Kier alpha value is -1.36. The molecule has 0 radical (unpaired) electrons. The first-order valence-corrected chi connectivity index (χ1v) is 5.04. The van der Waals surface area contributed by atoms with Gasteiger partial charge in [0.1, 0.15) is 17.9 Å². The summed E-state index contributed by atoms with van der Waals surface area (Å²) in [5.74, 6) is -0.700. The van der Waals surface area contributed by atoms with Crippen LogP contribution in [0.5, 0.6) is 0 Å². The first kappa shape index (κ1) is 12.7. The molecule has 0 bridgehead atoms. The van der Waals surface area contributed by atoms with Crippen LogP contribution in [-0.4, -0.2) is 39.7 Å². The van der Waals surface area contributed by atoms with Gasteiger partial charge in [-0.2, -0.15) is 0 Å². The smallest absolute Gasteiger partial charge is 0.345 e. The van der Waals surface area contributed by atoms with Crippen molar-refractivity contribution < 1.29 is 23.8 Å². The highest BCUT2D eigenvalue weighted by Crippen LogP contribution is 2.33. The van der Waals surface area contributed by atoms with Crippen molar-refractivity contribution >= 4 is 11.8 Å². The van der Waals surface area contributed by atoms with Crippen molar-refractivity contribution in [3.8, 4) is 0 Å². The number of rotatable bonds is 6. The van der Waals surface area contributed by atoms with Crippen LogP contribution < -0.4 is 0 Å². The normalized spacial score (nSPS) is 16.4. The molecule has 0 atom stereocenters. The third kappa shape index (κ3) is 2.82. The minimum Gasteiger partial charge on any atom is -0.498 e. The van der Waals surface area contributed by atoms with Gasteiger partial charge in [-0.05, 0) is 12.8 Å². The molecule has 1 aliphatic carbocycles. The maximum atomic E-state index is 11.9. The molecule has 1 fully saturated rings. The number of ether oxygens (including phenoxy) is 3. The first-order valence-electron chi connectivity index (χ1n) is 5.04. The van der Waals surface area contributed by atoms with Crippen LogP contribution in [0, 0.1) is 5.92 Å². The molecular formula is C11H16O5. The predicted molar refractivity (Wildman–Crippen MR) is 55.7 cm³/mol. The monoisotopic (exact) mass is 228 g/mol. The van der Waals surface area contributed by atoms with Gasteiger partial charge in [-0.15, -0.1) is 0 Å². The summed E-state index contributed by atoms with van der Waals surface area (Å²) in [4.78, 5) is 23.4. The number of hydrogen-bond acceptors (Lipinski definition) is 5. The van der Waals surface area contributed by atoms with Crippen molar-refractivity contribution in [2.24, 2.45) is 5.92 Å². The lowest BCUT2D eigenvalue weighted by Crippen LogP contribution is -2.20. The lowest BCUT2D eigenvalue weighted by molar-refractivity contribution is -0.138. The molecule has 1 rings (SSSR count). The lowest BCUT2D eigenvalue weighted by Gasteiger charge is -2.10. The van der Waals surface area contributed by atoms with Crippen LogP contribution in [0.4, 0.5) is 0 Å². The van der Waals surface area contributed by atoms with Gasteiger partial charge in [0.2, 0.25) is 0 Å². The van der Waals surface area contributed by atoms with Crippen LogP contribution in [0.3, 0.4) is 0 Å². The summed E-state index contributed by atoms with van der Waals surface area (Å²) in [7, 11) is 4.11. The van der Waals surface area contributed by atoms with Gasteiger partial charge in [0.05, 0.1) is 14.2 Å². The molecule has 0 aliphatic heterocycles. The zero-order valence-electron chi connectivity index (χ0n) is 9.74. The largest absolute Gasteiger partial charge is 0.498 e. The van der Waals surface area contributed by atoms with E-state index < -0.39 is 5.97 Å². The zero-order chi connectivity index (χ0) is 12.1. The molecule has 0 unspecified atom stereocenters. The zero-order valence-corrected chi connectivity index (χ0v) is 9.74. The molecule has 0 heterocycles. The van der Waals surface area contributed by atoms with Crippen molar-refractivity contribution in [2.75, 3.05) is 27.9 Å². The summed E-state index contributed by atoms with van der Waals surface area (Å²) < 4.78 is 14.5. The van der Waals surface area contributed by atoms with E-state index in [1.165, 1.54) is 21.3 Å². The molecule has 0 aromatic rings. The molecule has 0 N–H and O–H groups in total. The molecule has 5 nitrogen and oxygen atoms in total. The molecule has 1 saturated carbocycles. The maximum absolute atomic E-state index is 11.9. The van der Waals surface area contributed by atoms with Gasteiger partial charge in [-0.25, -0.2) is 4.79 Å². The van der Waals surface area contributed by atoms with Gasteiger partial charge < -0.3 is 14.2 Å². The number of carbonyl (C=O) groups excluding carboxylic acids is 2. The number of methoxy groups -OCH3 is 3. The quantitative estimate of drug-likeness (QED) is 0.220. The Morgan fingerprint density at radius 3 is 2.12 bits per heavy atom. The minimum absolute atomic E-state index is 0.0191. The molecule has 16 heavy (non-hydrogen) atoms. The summed E-state index contributed by atoms with van der Waals surface area (Å²) in [5.41, 5.74) is -0.0191. The van der Waals surface area contributed by atoms with Gasteiger partial charge >= 0.3 is 5.97 Å². The predicted octanol–water partition coefficient (Wildman–Crippen LogP) is 0.685. The molecule has 0 amide bonds. The van der Waals surface area contributed by atoms with Crippen molar-refractivity contribution in [1.82, 2.24) is 0 Å². The fourth-order valence-corrected chi connectivity index (χ4v) is 1.37. The van der Waals surface area contributed by atoms with E-state index in [0.717, 1.165) is 12.8 Å². The molecule has 0 aromatic carbocycles. The van der Waals surface area contributed by atoms with E-state index in [2.05, 4.69) is 4.74 Å². The molecule has 0 spiro atoms. The highest BCUT2D eigenvalue weighted by atomic mass is 16.5. The van der Waals surface area contributed by atoms with Crippen LogP contribution in [0.15, 0.2) is 11.3 Å². The molecule has 1 aliphatic rings. The Labute approximate surface area is 94.4 Å². The van der Waals surface area contributed by atoms with Crippen molar-refractivity contribution in [2.45, 2.75) is 12.8 Å². The Kier molecular flexibility index (Phi) is 4.49. The second kappa shape index (κ2) is 5.65. The van der Waals surface area contributed by atoms with Gasteiger partial charge in [-0.3, -0.25) is 4.79 Å². The average Bonchev–Trinajstić information content (AvgIpc) is 3.11. The first-order chi connectivity index (χ1) is 7.65. The number of ketones is 1. The number of Topliss-reactive ketones (excluding diaryl/α,β-unsaturated/α-hetero) is 1. The highest BCUT2D eigenvalue weighted by molar-refractivity contribution is 6.19. The minimum atomic E-state index is -0.661. The topological polar surface area (TPSA) is 61.8 Å². The van der Waals surface area contributed by atoms with E-state index >= 15 is 0 Å². The Morgan fingerprint density at radius 2 is 1.75 bits per heavy atom. The average molecular weight is 228 g/mol. The Balaban J connectivity index is 2.99. The van der Waals surface area contributed by atoms with Crippen molar-refractivity contribution in [3.63, 3.8) is 0 Å². The molecule has 5 heteroatoms. The lowest BCUT2D eigenvalue weighted by atomic mass is 10.1. The summed E-state index contributed by atoms with van der Waals surface area (Å²) >= 11 is 0. The Morgan fingerprint density at radius 1 is 1.12 bits per heavy atom. The second-order valence-corrected chi connectivity index (χ2v) is 3.57. The summed E-state index contributed by atoms with van der Waals surface area (Å²) in [6.45, 7) is 0.0827. The molecule has 90 valence electrons. The van der Waals surface area contributed by atoms with Crippen molar-refractivity contribution in [3.05, 3.63) is 11.3 Å².